The summed E-state index contributed by atoms with van der Waals surface area (Å²) in [4.78, 5) is 31.7. The molecule has 0 aliphatic carbocycles. The molecule has 7 nitrogen and oxygen atoms in total. The van der Waals surface area contributed by atoms with Gasteiger partial charge in [0.05, 0.1) is 28.6 Å². The normalized spacial score (nSPS) is 18.1. The second-order valence-electron chi connectivity index (χ2n) is 5.29. The summed E-state index contributed by atoms with van der Waals surface area (Å²) in [7, 11) is 0. The number of benzene rings is 1. The summed E-state index contributed by atoms with van der Waals surface area (Å²) in [5.41, 5.74) is 7.89. The summed E-state index contributed by atoms with van der Waals surface area (Å²) in [6, 6.07) is 3.61. The standard InChI is InChI=1S/C14H17N5O2/c1-8(20)18-9-2-3-19(6-9)13-5-12-10(4-11(13)15)14(21)17-7-16-12/h4-5,7,9H,2-3,6,15H2,1H3,(H,18,20)(H,16,17,21). The lowest BCUT2D eigenvalue weighted by Gasteiger charge is -2.21. The van der Waals surface area contributed by atoms with E-state index in [-0.39, 0.29) is 17.5 Å². The Hall–Kier alpha value is -2.57. The Morgan fingerprint density at radius 3 is 3.10 bits per heavy atom. The molecule has 0 saturated carbocycles. The number of hydrogen-bond donors (Lipinski definition) is 3. The molecule has 1 unspecified atom stereocenters. The van der Waals surface area contributed by atoms with Crippen molar-refractivity contribution < 1.29 is 4.79 Å². The minimum Gasteiger partial charge on any atom is -0.397 e. The Balaban J connectivity index is 1.93. The van der Waals surface area contributed by atoms with E-state index in [0.717, 1.165) is 18.7 Å². The van der Waals surface area contributed by atoms with Crippen molar-refractivity contribution in [3.63, 3.8) is 0 Å². The zero-order valence-electron chi connectivity index (χ0n) is 11.7. The molecule has 1 saturated heterocycles. The Morgan fingerprint density at radius 2 is 2.33 bits per heavy atom. The highest BCUT2D eigenvalue weighted by Crippen LogP contribution is 2.29. The number of nitrogens with zero attached hydrogens (tertiary/aromatic N) is 2. The fraction of sp³-hybridized carbons (Fsp3) is 0.357. The van der Waals surface area contributed by atoms with E-state index in [1.807, 2.05) is 6.07 Å². The molecule has 1 atom stereocenters. The zero-order valence-corrected chi connectivity index (χ0v) is 11.7. The summed E-state index contributed by atoms with van der Waals surface area (Å²) in [5, 5.41) is 3.40. The number of rotatable bonds is 2. The van der Waals surface area contributed by atoms with Crippen molar-refractivity contribution >= 4 is 28.2 Å². The van der Waals surface area contributed by atoms with Crippen molar-refractivity contribution in [1.82, 2.24) is 15.3 Å². The molecule has 21 heavy (non-hydrogen) atoms. The molecule has 1 fully saturated rings. The molecule has 0 spiro atoms. The Kier molecular flexibility index (Phi) is 3.25. The van der Waals surface area contributed by atoms with E-state index in [1.54, 1.807) is 6.07 Å². The number of nitrogen functional groups attached to an aromatic ring is 1. The van der Waals surface area contributed by atoms with E-state index in [0.29, 0.717) is 23.1 Å². The second kappa shape index (κ2) is 5.08. The highest BCUT2D eigenvalue weighted by atomic mass is 16.1. The second-order valence-corrected chi connectivity index (χ2v) is 5.29. The first-order chi connectivity index (χ1) is 10.0. The Labute approximate surface area is 121 Å². The molecule has 1 aliphatic rings. The van der Waals surface area contributed by atoms with Crippen molar-refractivity contribution in [1.29, 1.82) is 0 Å². The van der Waals surface area contributed by atoms with E-state index >= 15 is 0 Å². The summed E-state index contributed by atoms with van der Waals surface area (Å²) in [6.45, 7) is 3.03. The fourth-order valence-electron chi connectivity index (χ4n) is 2.78. The number of nitrogens with one attached hydrogen (secondary N) is 2. The van der Waals surface area contributed by atoms with Gasteiger partial charge >= 0.3 is 0 Å². The maximum atomic E-state index is 11.7. The van der Waals surface area contributed by atoms with Crippen LogP contribution in [-0.4, -0.2) is 35.0 Å². The van der Waals surface area contributed by atoms with E-state index in [9.17, 15) is 9.59 Å². The largest absolute Gasteiger partial charge is 0.397 e. The number of nitrogens with two attached hydrogens (primary N) is 1. The first kappa shape index (κ1) is 13.4. The van der Waals surface area contributed by atoms with Crippen LogP contribution in [0.25, 0.3) is 10.9 Å². The van der Waals surface area contributed by atoms with Gasteiger partial charge in [0.25, 0.3) is 5.56 Å². The average Bonchev–Trinajstić information content (AvgIpc) is 2.86. The molecule has 7 heteroatoms. The molecule has 0 radical (unpaired) electrons. The molecule has 4 N–H and O–H groups in total. The van der Waals surface area contributed by atoms with Crippen molar-refractivity contribution in [2.24, 2.45) is 0 Å². The number of carbonyl (C=O) groups is 1. The van der Waals surface area contributed by atoms with Gasteiger partial charge in [-0.15, -0.1) is 0 Å². The summed E-state index contributed by atoms with van der Waals surface area (Å²) >= 11 is 0. The third kappa shape index (κ3) is 2.54. The molecule has 1 aliphatic heterocycles. The molecule has 1 amide bonds. The van der Waals surface area contributed by atoms with E-state index < -0.39 is 0 Å². The molecular weight excluding hydrogens is 270 g/mol. The Bertz CT molecular complexity index is 755. The van der Waals surface area contributed by atoms with E-state index in [2.05, 4.69) is 20.2 Å². The lowest BCUT2D eigenvalue weighted by molar-refractivity contribution is -0.119. The summed E-state index contributed by atoms with van der Waals surface area (Å²) < 4.78 is 0. The van der Waals surface area contributed by atoms with Crippen LogP contribution in [0.1, 0.15) is 13.3 Å². The van der Waals surface area contributed by atoms with Gasteiger partial charge in [0.2, 0.25) is 5.91 Å². The molecule has 0 bridgehead atoms. The van der Waals surface area contributed by atoms with Crippen molar-refractivity contribution in [3.8, 4) is 0 Å². The Morgan fingerprint density at radius 1 is 1.52 bits per heavy atom. The van der Waals surface area contributed by atoms with Crippen LogP contribution in [-0.2, 0) is 4.79 Å². The molecule has 110 valence electrons. The quantitative estimate of drug-likeness (QED) is 0.685. The van der Waals surface area contributed by atoms with E-state index in [1.165, 1.54) is 13.3 Å². The molecule has 2 heterocycles. The number of H-pyrrole nitrogens is 1. The average molecular weight is 287 g/mol. The number of carbonyl (C=O) groups excluding carboxylic acids is 1. The van der Waals surface area contributed by atoms with Gasteiger partial charge in [0.15, 0.2) is 0 Å². The lowest BCUT2D eigenvalue weighted by Crippen LogP contribution is -2.35. The maximum Gasteiger partial charge on any atom is 0.258 e. The molecule has 1 aromatic heterocycles. The monoisotopic (exact) mass is 287 g/mol. The number of fused-ring (bicyclic) bond motifs is 1. The smallest absolute Gasteiger partial charge is 0.258 e. The third-order valence-corrected chi connectivity index (χ3v) is 3.73. The highest BCUT2D eigenvalue weighted by molar-refractivity contribution is 5.88. The minimum absolute atomic E-state index is 0.0264. The van der Waals surface area contributed by atoms with Crippen molar-refractivity contribution in [2.75, 3.05) is 23.7 Å². The van der Waals surface area contributed by atoms with Crippen LogP contribution in [0.3, 0.4) is 0 Å². The predicted molar refractivity (Wildman–Crippen MR) is 81.2 cm³/mol. The number of amides is 1. The van der Waals surface area contributed by atoms with Crippen LogP contribution in [0, 0.1) is 0 Å². The summed E-state index contributed by atoms with van der Waals surface area (Å²) in [5.74, 6) is -0.0264. The van der Waals surface area contributed by atoms with Gasteiger partial charge in [-0.3, -0.25) is 9.59 Å². The minimum atomic E-state index is -0.198. The lowest BCUT2D eigenvalue weighted by atomic mass is 10.2. The van der Waals surface area contributed by atoms with Crippen LogP contribution in [0.5, 0.6) is 0 Å². The van der Waals surface area contributed by atoms with Gasteiger partial charge in [-0.2, -0.15) is 0 Å². The fourth-order valence-corrected chi connectivity index (χ4v) is 2.78. The van der Waals surface area contributed by atoms with Gasteiger partial charge in [-0.25, -0.2) is 4.98 Å². The van der Waals surface area contributed by atoms with Gasteiger partial charge in [-0.05, 0) is 18.6 Å². The molecular formula is C14H17N5O2. The van der Waals surface area contributed by atoms with Gasteiger partial charge < -0.3 is 20.9 Å². The molecule has 3 rings (SSSR count). The van der Waals surface area contributed by atoms with Crippen LogP contribution >= 0.6 is 0 Å². The number of aromatic nitrogens is 2. The predicted octanol–water partition coefficient (Wildman–Crippen LogP) is 0.220. The summed E-state index contributed by atoms with van der Waals surface area (Å²) in [6.07, 6.45) is 2.26. The molecule has 2 aromatic rings. The van der Waals surface area contributed by atoms with Crippen LogP contribution in [0.15, 0.2) is 23.3 Å². The van der Waals surface area contributed by atoms with Crippen molar-refractivity contribution in [2.45, 2.75) is 19.4 Å². The first-order valence-corrected chi connectivity index (χ1v) is 6.83. The van der Waals surface area contributed by atoms with Crippen LogP contribution in [0.4, 0.5) is 11.4 Å². The number of anilines is 2. The molecule has 1 aromatic carbocycles. The number of hydrogen-bond acceptors (Lipinski definition) is 5. The zero-order chi connectivity index (χ0) is 15.0. The van der Waals surface area contributed by atoms with Gasteiger partial charge in [0, 0.05) is 26.1 Å². The third-order valence-electron chi connectivity index (χ3n) is 3.73. The maximum absolute atomic E-state index is 11.7. The van der Waals surface area contributed by atoms with Gasteiger partial charge in [-0.1, -0.05) is 0 Å². The first-order valence-electron chi connectivity index (χ1n) is 6.83. The van der Waals surface area contributed by atoms with E-state index in [4.69, 9.17) is 5.73 Å². The van der Waals surface area contributed by atoms with Crippen molar-refractivity contribution in [3.05, 3.63) is 28.8 Å². The number of aromatic amines is 1. The van der Waals surface area contributed by atoms with Gasteiger partial charge in [0.1, 0.15) is 0 Å². The topological polar surface area (TPSA) is 104 Å². The van der Waals surface area contributed by atoms with Crippen LogP contribution in [0.2, 0.25) is 0 Å². The van der Waals surface area contributed by atoms with Crippen LogP contribution < -0.4 is 21.5 Å². The SMILES string of the molecule is CC(=O)NC1CCN(c2cc3nc[nH]c(=O)c3cc2N)C1. The highest BCUT2D eigenvalue weighted by Gasteiger charge is 2.24.